The predicted octanol–water partition coefficient (Wildman–Crippen LogP) is 21.8. The summed E-state index contributed by atoms with van der Waals surface area (Å²) < 4.78 is 39.4. The first kappa shape index (κ1) is 67.8. The standard InChI is InChI=1S/3C18H14N.2C12H10N.C11H8N.3Ir/c3*1-14-12-18(16-10-6-3-7-11-16)19-13-17(14)15-8-4-2-5-9-15;2*1-10-6-2-3-7-11(10)12-8-4-5-9-13-12;1-2-6-10(7-3-1)11-8-4-5-9-12-11;;;/h3*2-10,12-13H,1H3;2*2-6,8-9H,1H3;1-6,8-9H;;;/q6*-1;;;/i2D,4D,5D,8D,9D;;;;;;;;. The molecule has 0 unspecified atom stereocenters. The summed E-state index contributed by atoms with van der Waals surface area (Å²) in [5.74, 6) is 0. The maximum atomic E-state index is 8.08. The van der Waals surface area contributed by atoms with E-state index in [0.29, 0.717) is 5.56 Å². The molecule has 6 heterocycles. The van der Waals surface area contributed by atoms with Gasteiger partial charge in [-0.2, -0.15) is 0 Å². The summed E-state index contributed by atoms with van der Waals surface area (Å²) in [5, 5.41) is 0. The molecule has 3 radical (unpaired) electrons. The van der Waals surface area contributed by atoms with Crippen molar-refractivity contribution in [1.29, 1.82) is 0 Å². The van der Waals surface area contributed by atoms with E-state index in [1.54, 1.807) is 30.9 Å². The normalized spacial score (nSPS) is 10.6. The van der Waals surface area contributed by atoms with Crippen LogP contribution in [0.1, 0.15) is 34.7 Å². The number of nitrogens with zero attached hydrogens (tertiary/aromatic N) is 6. The van der Waals surface area contributed by atoms with Crippen molar-refractivity contribution in [1.82, 2.24) is 29.9 Å². The summed E-state index contributed by atoms with van der Waals surface area (Å²) in [7, 11) is 0. The van der Waals surface area contributed by atoms with Crippen LogP contribution in [0.4, 0.5) is 0 Å². The maximum Gasteiger partial charge on any atom is 0.0629 e. The number of hydrogen-bond acceptors (Lipinski definition) is 6. The van der Waals surface area contributed by atoms with E-state index in [1.807, 2.05) is 232 Å². The van der Waals surface area contributed by atoms with Crippen LogP contribution >= 0.6 is 0 Å². The number of benzene rings is 9. The summed E-state index contributed by atoms with van der Waals surface area (Å²) in [4.78, 5) is 26.3. The Morgan fingerprint density at radius 3 is 0.867 bits per heavy atom. The Balaban J connectivity index is 0.000000175. The Morgan fingerprint density at radius 1 is 0.255 bits per heavy atom. The minimum atomic E-state index is -0.394. The van der Waals surface area contributed by atoms with Gasteiger partial charge in [-0.05, 0) is 107 Å². The molecule has 0 amide bonds. The van der Waals surface area contributed by atoms with E-state index in [0.717, 1.165) is 73.1 Å². The average molecular weight is 1810 g/mol. The topological polar surface area (TPSA) is 77.3 Å². The molecule has 98 heavy (non-hydrogen) atoms. The summed E-state index contributed by atoms with van der Waals surface area (Å²) in [6.07, 6.45) is 10.8. The molecule has 0 N–H and O–H groups in total. The van der Waals surface area contributed by atoms with Crippen molar-refractivity contribution in [2.45, 2.75) is 34.6 Å². The Hall–Kier alpha value is -10.2. The quantitative estimate of drug-likeness (QED) is 0.134. The fourth-order valence-corrected chi connectivity index (χ4v) is 9.94. The first-order chi connectivity index (χ1) is 48.8. The monoisotopic (exact) mass is 1810 g/mol. The summed E-state index contributed by atoms with van der Waals surface area (Å²) in [6.45, 7) is 10.2. The van der Waals surface area contributed by atoms with Crippen molar-refractivity contribution in [2.24, 2.45) is 0 Å². The second kappa shape index (κ2) is 40.4. The van der Waals surface area contributed by atoms with Gasteiger partial charge in [-0.15, -0.1) is 214 Å². The van der Waals surface area contributed by atoms with Crippen LogP contribution in [0.3, 0.4) is 0 Å². The molecule has 6 nitrogen and oxygen atoms in total. The minimum Gasteiger partial charge on any atom is -0.305 e. The van der Waals surface area contributed by atoms with Gasteiger partial charge in [0.1, 0.15) is 0 Å². The molecule has 0 fully saturated rings. The number of rotatable bonds is 9. The van der Waals surface area contributed by atoms with Crippen molar-refractivity contribution in [3.05, 3.63) is 399 Å². The van der Waals surface area contributed by atoms with E-state index >= 15 is 0 Å². The summed E-state index contributed by atoms with van der Waals surface area (Å²) >= 11 is 0. The van der Waals surface area contributed by atoms with Crippen LogP contribution < -0.4 is 0 Å². The first-order valence-electron chi connectivity index (χ1n) is 33.5. The van der Waals surface area contributed by atoms with Crippen molar-refractivity contribution < 1.29 is 67.2 Å². The summed E-state index contributed by atoms with van der Waals surface area (Å²) in [6, 6.07) is 105. The second-order valence-electron chi connectivity index (χ2n) is 21.6. The molecule has 9 aromatic carbocycles. The minimum absolute atomic E-state index is 0. The maximum absolute atomic E-state index is 8.08. The first-order valence-corrected chi connectivity index (χ1v) is 31.0. The van der Waals surface area contributed by atoms with Gasteiger partial charge in [-0.3, -0.25) is 0 Å². The molecule has 489 valence electrons. The molecule has 0 spiro atoms. The van der Waals surface area contributed by atoms with Gasteiger partial charge in [0.25, 0.3) is 0 Å². The molecule has 0 aliphatic heterocycles. The van der Waals surface area contributed by atoms with E-state index in [-0.39, 0.29) is 90.0 Å². The van der Waals surface area contributed by atoms with Gasteiger partial charge >= 0.3 is 0 Å². The Kier molecular flexibility index (Phi) is 27.9. The zero-order valence-corrected chi connectivity index (χ0v) is 61.7. The van der Waals surface area contributed by atoms with Gasteiger partial charge in [-0.1, -0.05) is 159 Å². The fraction of sp³-hybridized carbons (Fsp3) is 0.0562. The van der Waals surface area contributed by atoms with Gasteiger partial charge in [-0.25, -0.2) is 0 Å². The zero-order chi connectivity index (χ0) is 70.0. The Labute approximate surface area is 626 Å². The van der Waals surface area contributed by atoms with Gasteiger partial charge in [0.2, 0.25) is 0 Å². The van der Waals surface area contributed by atoms with Crippen molar-refractivity contribution in [3.8, 4) is 101 Å². The van der Waals surface area contributed by atoms with E-state index in [2.05, 4.69) is 143 Å². The third kappa shape index (κ3) is 22.2. The number of pyridine rings is 6. The molecule has 0 saturated carbocycles. The molecule has 15 rings (SSSR count). The second-order valence-corrected chi connectivity index (χ2v) is 21.6. The molecule has 0 aliphatic carbocycles. The van der Waals surface area contributed by atoms with E-state index in [1.165, 1.54) is 44.5 Å². The van der Waals surface area contributed by atoms with Crippen molar-refractivity contribution in [2.75, 3.05) is 0 Å². The molecule has 0 atom stereocenters. The fourth-order valence-electron chi connectivity index (χ4n) is 9.94. The number of hydrogen-bond donors (Lipinski definition) is 0. The van der Waals surface area contributed by atoms with Crippen molar-refractivity contribution in [3.63, 3.8) is 0 Å². The van der Waals surface area contributed by atoms with E-state index < -0.39 is 6.04 Å². The van der Waals surface area contributed by atoms with Gasteiger partial charge in [0, 0.05) is 114 Å². The molecule has 0 aliphatic rings. The number of aryl methyl sites for hydroxylation is 5. The molecule has 0 saturated heterocycles. The van der Waals surface area contributed by atoms with Crippen LogP contribution in [-0.4, -0.2) is 29.9 Å². The SMILES string of the molecule is Cc1cc(-c2[c-]cccc2)ncc1-c1ccccc1.Cc1cc(-c2[c-]cccc2)ncc1-c1ccccc1.Cc1ccc[c-]c1-c1ccccn1.Cc1ccc[c-]c1-c1ccccn1.[2H]c1c([2H])c([2H])c(-c2cnc(-c3[c-]cccc3)cc2C)c([2H])c1[2H].[Ir].[Ir].[Ir].[c-]1ccccc1-c1ccccn1. The third-order valence-electron chi connectivity index (χ3n) is 14.8. The molecular formula is C89H70Ir3N6-6. The van der Waals surface area contributed by atoms with Gasteiger partial charge in [0.05, 0.1) is 6.85 Å². The molecule has 15 aromatic rings. The largest absolute Gasteiger partial charge is 0.305 e. The molecule has 9 heteroatoms. The molecule has 0 bridgehead atoms. The average Bonchev–Trinajstić information content (AvgIpc) is 0.772. The van der Waals surface area contributed by atoms with Crippen LogP contribution in [0.15, 0.2) is 334 Å². The molecule has 6 aromatic heterocycles. The van der Waals surface area contributed by atoms with Gasteiger partial charge in [0.15, 0.2) is 0 Å². The number of aromatic nitrogens is 6. The van der Waals surface area contributed by atoms with Crippen LogP contribution in [0.5, 0.6) is 0 Å². The Morgan fingerprint density at radius 2 is 0.561 bits per heavy atom. The Bertz CT molecular complexity index is 4770. The zero-order valence-electron chi connectivity index (χ0n) is 59.6. The van der Waals surface area contributed by atoms with E-state index in [9.17, 15) is 0 Å². The summed E-state index contributed by atoms with van der Waals surface area (Å²) in [5.41, 5.74) is 22.9. The predicted molar refractivity (Wildman–Crippen MR) is 391 cm³/mol. The third-order valence-corrected chi connectivity index (χ3v) is 14.8. The van der Waals surface area contributed by atoms with Crippen molar-refractivity contribution >= 4 is 0 Å². The van der Waals surface area contributed by atoms with Crippen LogP contribution in [0.2, 0.25) is 0 Å². The van der Waals surface area contributed by atoms with Crippen LogP contribution in [-0.2, 0) is 60.3 Å². The van der Waals surface area contributed by atoms with Crippen LogP contribution in [0, 0.1) is 71.0 Å². The smallest absolute Gasteiger partial charge is 0.0629 e. The van der Waals surface area contributed by atoms with E-state index in [4.69, 9.17) is 6.85 Å². The van der Waals surface area contributed by atoms with Gasteiger partial charge < -0.3 is 29.9 Å². The molecular weight excluding hydrogens is 1730 g/mol. The van der Waals surface area contributed by atoms with Crippen LogP contribution in [0.25, 0.3) is 101 Å².